The van der Waals surface area contributed by atoms with Gasteiger partial charge in [0.25, 0.3) is 0 Å². The summed E-state index contributed by atoms with van der Waals surface area (Å²) in [4.78, 5) is 13.6. The van der Waals surface area contributed by atoms with E-state index in [4.69, 9.17) is 0 Å². The molecule has 0 radical (unpaired) electrons. The monoisotopic (exact) mass is 229 g/mol. The van der Waals surface area contributed by atoms with Crippen molar-refractivity contribution in [3.63, 3.8) is 0 Å². The van der Waals surface area contributed by atoms with Crippen LogP contribution in [0.4, 0.5) is 0 Å². The van der Waals surface area contributed by atoms with Crippen molar-refractivity contribution in [1.82, 2.24) is 4.90 Å². The van der Waals surface area contributed by atoms with Crippen LogP contribution in [0.3, 0.4) is 0 Å². The summed E-state index contributed by atoms with van der Waals surface area (Å²) >= 11 is 0. The molecule has 2 heteroatoms. The normalized spacial score (nSPS) is 20.2. The number of rotatable bonds is 1. The van der Waals surface area contributed by atoms with E-state index in [2.05, 4.69) is 44.0 Å². The molecule has 0 saturated heterocycles. The first-order valence-corrected chi connectivity index (χ1v) is 5.96. The Kier molecular flexibility index (Phi) is 2.82. The fourth-order valence-corrected chi connectivity index (χ4v) is 2.38. The van der Waals surface area contributed by atoms with Gasteiger partial charge in [-0.1, -0.05) is 24.3 Å². The molecule has 1 aliphatic rings. The molecule has 1 aliphatic heterocycles. The van der Waals surface area contributed by atoms with E-state index in [-0.39, 0.29) is 11.3 Å². The Hall–Kier alpha value is -1.57. The SMILES string of the molecule is CC(=O)/C=C1\c2ccccc2CC(C)(C)N1C. The Balaban J connectivity index is 2.60. The van der Waals surface area contributed by atoms with E-state index < -0.39 is 0 Å². The topological polar surface area (TPSA) is 20.3 Å². The van der Waals surface area contributed by atoms with E-state index in [0.29, 0.717) is 0 Å². The number of allylic oxidation sites excluding steroid dienone is 1. The minimum Gasteiger partial charge on any atom is -0.369 e. The molecule has 0 fully saturated rings. The van der Waals surface area contributed by atoms with E-state index in [1.807, 2.05) is 6.07 Å². The molecule has 2 rings (SSSR count). The van der Waals surface area contributed by atoms with Gasteiger partial charge >= 0.3 is 0 Å². The van der Waals surface area contributed by atoms with Gasteiger partial charge in [-0.3, -0.25) is 4.79 Å². The number of hydrogen-bond acceptors (Lipinski definition) is 2. The van der Waals surface area contributed by atoms with E-state index in [1.165, 1.54) is 11.1 Å². The molecule has 1 aromatic rings. The first-order valence-electron chi connectivity index (χ1n) is 5.96. The third-order valence-electron chi connectivity index (χ3n) is 3.53. The molecule has 2 nitrogen and oxygen atoms in total. The minimum atomic E-state index is 0.0512. The number of nitrogens with zero attached hydrogens (tertiary/aromatic N) is 1. The number of hydrogen-bond donors (Lipinski definition) is 0. The van der Waals surface area contributed by atoms with Crippen LogP contribution in [0.25, 0.3) is 5.70 Å². The van der Waals surface area contributed by atoms with Gasteiger partial charge in [0.2, 0.25) is 0 Å². The van der Waals surface area contributed by atoms with Crippen LogP contribution in [-0.2, 0) is 11.2 Å². The molecule has 0 N–H and O–H groups in total. The van der Waals surface area contributed by atoms with Crippen LogP contribution in [0.15, 0.2) is 30.3 Å². The zero-order chi connectivity index (χ0) is 12.6. The fraction of sp³-hybridized carbons (Fsp3) is 0.400. The number of carbonyl (C=O) groups is 1. The maximum Gasteiger partial charge on any atom is 0.154 e. The lowest BCUT2D eigenvalue weighted by atomic mass is 9.84. The molecule has 1 aromatic carbocycles. The molecule has 1 heterocycles. The standard InChI is InChI=1S/C15H19NO/c1-11(17)9-14-13-8-6-5-7-12(13)10-15(2,3)16(14)4/h5-9H,10H2,1-4H3/b14-9+. The number of benzene rings is 1. The van der Waals surface area contributed by atoms with Crippen LogP contribution in [0.2, 0.25) is 0 Å². The van der Waals surface area contributed by atoms with E-state index in [9.17, 15) is 4.79 Å². The third-order valence-corrected chi connectivity index (χ3v) is 3.53. The van der Waals surface area contributed by atoms with Gasteiger partial charge in [-0.25, -0.2) is 0 Å². The third kappa shape index (κ3) is 2.12. The molecule has 0 aromatic heterocycles. The quantitative estimate of drug-likeness (QED) is 0.690. The lowest BCUT2D eigenvalue weighted by Crippen LogP contribution is -2.45. The van der Waals surface area contributed by atoms with Gasteiger partial charge < -0.3 is 4.90 Å². The zero-order valence-corrected chi connectivity index (χ0v) is 10.9. The van der Waals surface area contributed by atoms with Gasteiger partial charge in [-0.15, -0.1) is 0 Å². The maximum absolute atomic E-state index is 11.4. The number of fused-ring (bicyclic) bond motifs is 1. The summed E-state index contributed by atoms with van der Waals surface area (Å²) in [7, 11) is 2.06. The Morgan fingerprint density at radius 3 is 2.65 bits per heavy atom. The first kappa shape index (κ1) is 11.9. The molecule has 0 aliphatic carbocycles. The second-order valence-electron chi connectivity index (χ2n) is 5.35. The van der Waals surface area contributed by atoms with Crippen molar-refractivity contribution < 1.29 is 4.79 Å². The molecule has 0 spiro atoms. The highest BCUT2D eigenvalue weighted by molar-refractivity contribution is 5.95. The highest BCUT2D eigenvalue weighted by Gasteiger charge is 2.32. The highest BCUT2D eigenvalue weighted by atomic mass is 16.1. The van der Waals surface area contributed by atoms with Crippen molar-refractivity contribution in [2.24, 2.45) is 0 Å². The van der Waals surface area contributed by atoms with Gasteiger partial charge in [0, 0.05) is 29.9 Å². The predicted molar refractivity (Wildman–Crippen MR) is 70.6 cm³/mol. The van der Waals surface area contributed by atoms with Crippen molar-refractivity contribution in [1.29, 1.82) is 0 Å². The molecule has 17 heavy (non-hydrogen) atoms. The molecule has 0 atom stereocenters. The van der Waals surface area contributed by atoms with Crippen LogP contribution in [0.1, 0.15) is 31.9 Å². The van der Waals surface area contributed by atoms with Crippen molar-refractivity contribution in [3.05, 3.63) is 41.5 Å². The highest BCUT2D eigenvalue weighted by Crippen LogP contribution is 2.36. The Morgan fingerprint density at radius 2 is 2.00 bits per heavy atom. The number of likely N-dealkylation sites (N-methyl/N-ethyl adjacent to an activating group) is 1. The van der Waals surface area contributed by atoms with Gasteiger partial charge in [0.1, 0.15) is 0 Å². The van der Waals surface area contributed by atoms with E-state index in [0.717, 1.165) is 12.1 Å². The van der Waals surface area contributed by atoms with Crippen molar-refractivity contribution in [2.45, 2.75) is 32.7 Å². The summed E-state index contributed by atoms with van der Waals surface area (Å²) in [6, 6.07) is 8.33. The summed E-state index contributed by atoms with van der Waals surface area (Å²) in [5.41, 5.74) is 3.59. The summed E-state index contributed by atoms with van der Waals surface area (Å²) in [5.74, 6) is 0.0966. The second-order valence-corrected chi connectivity index (χ2v) is 5.35. The van der Waals surface area contributed by atoms with Gasteiger partial charge in [-0.05, 0) is 32.8 Å². The summed E-state index contributed by atoms with van der Waals surface area (Å²) in [6.45, 7) is 6.01. The van der Waals surface area contributed by atoms with Crippen molar-refractivity contribution in [3.8, 4) is 0 Å². The lowest BCUT2D eigenvalue weighted by Gasteiger charge is -2.44. The predicted octanol–water partition coefficient (Wildman–Crippen LogP) is 2.88. The minimum absolute atomic E-state index is 0.0512. The van der Waals surface area contributed by atoms with Gasteiger partial charge in [-0.2, -0.15) is 0 Å². The lowest BCUT2D eigenvalue weighted by molar-refractivity contribution is -0.112. The average Bonchev–Trinajstić information content (AvgIpc) is 2.24. The molecule has 0 saturated carbocycles. The van der Waals surface area contributed by atoms with E-state index in [1.54, 1.807) is 13.0 Å². The molecular formula is C15H19NO. The Labute approximate surface area is 103 Å². The summed E-state index contributed by atoms with van der Waals surface area (Å²) < 4.78 is 0. The van der Waals surface area contributed by atoms with Gasteiger partial charge in [0.15, 0.2) is 5.78 Å². The molecule has 0 bridgehead atoms. The second kappa shape index (κ2) is 4.02. The number of carbonyl (C=O) groups excluding carboxylic acids is 1. The smallest absolute Gasteiger partial charge is 0.154 e. The summed E-state index contributed by atoms with van der Waals surface area (Å²) in [5, 5.41) is 0. The fourth-order valence-electron chi connectivity index (χ4n) is 2.38. The Bertz CT molecular complexity index is 485. The number of ketones is 1. The van der Waals surface area contributed by atoms with Crippen LogP contribution in [-0.4, -0.2) is 23.3 Å². The molecule has 90 valence electrons. The van der Waals surface area contributed by atoms with Crippen molar-refractivity contribution >= 4 is 11.5 Å². The zero-order valence-electron chi connectivity index (χ0n) is 10.9. The van der Waals surface area contributed by atoms with Crippen molar-refractivity contribution in [2.75, 3.05) is 7.05 Å². The van der Waals surface area contributed by atoms with Crippen LogP contribution in [0, 0.1) is 0 Å². The largest absolute Gasteiger partial charge is 0.369 e. The Morgan fingerprint density at radius 1 is 1.35 bits per heavy atom. The molecular weight excluding hydrogens is 210 g/mol. The van der Waals surface area contributed by atoms with E-state index >= 15 is 0 Å². The van der Waals surface area contributed by atoms with Gasteiger partial charge in [0.05, 0.1) is 0 Å². The van der Waals surface area contributed by atoms with Crippen LogP contribution in [0.5, 0.6) is 0 Å². The van der Waals surface area contributed by atoms with Crippen LogP contribution < -0.4 is 0 Å². The van der Waals surface area contributed by atoms with Crippen LogP contribution >= 0.6 is 0 Å². The summed E-state index contributed by atoms with van der Waals surface area (Å²) in [6.07, 6.45) is 2.74. The first-order chi connectivity index (χ1) is 7.92. The molecule has 0 amide bonds. The molecule has 0 unspecified atom stereocenters. The maximum atomic E-state index is 11.4. The average molecular weight is 229 g/mol.